The van der Waals surface area contributed by atoms with Crippen LogP contribution in [-0.4, -0.2) is 22.7 Å². The molecule has 5 heteroatoms. The van der Waals surface area contributed by atoms with Gasteiger partial charge in [-0.05, 0) is 6.07 Å². The number of imidazole rings is 1. The van der Waals surface area contributed by atoms with Crippen molar-refractivity contribution in [2.24, 2.45) is 0 Å². The Labute approximate surface area is 118 Å². The largest absolute Gasteiger partial charge is 0.494 e. The molecule has 0 atom stereocenters. The van der Waals surface area contributed by atoms with Crippen LogP contribution in [0, 0.1) is 5.82 Å². The zero-order chi connectivity index (χ0) is 14.5. The molecule has 0 spiro atoms. The van der Waals surface area contributed by atoms with Crippen molar-refractivity contribution in [2.45, 2.75) is 33.0 Å². The maximum absolute atomic E-state index is 14.1. The van der Waals surface area contributed by atoms with E-state index in [9.17, 15) is 4.39 Å². The third-order valence-electron chi connectivity index (χ3n) is 3.07. The first-order chi connectivity index (χ1) is 9.61. The van der Waals surface area contributed by atoms with E-state index in [1.807, 2.05) is 10.8 Å². The van der Waals surface area contributed by atoms with E-state index < -0.39 is 0 Å². The number of benzene rings is 1. The van der Waals surface area contributed by atoms with Crippen LogP contribution in [0.25, 0.3) is 0 Å². The molecule has 20 heavy (non-hydrogen) atoms. The molecule has 0 bridgehead atoms. The lowest BCUT2D eigenvalue weighted by molar-refractivity contribution is 0.383. The summed E-state index contributed by atoms with van der Waals surface area (Å²) in [5.74, 6) is 0.844. The Morgan fingerprint density at radius 2 is 2.20 bits per heavy atom. The SMILES string of the molecule is COc1cccc(Cn2ccnc2CNC(C)C)c1F. The first-order valence-electron chi connectivity index (χ1n) is 6.66. The van der Waals surface area contributed by atoms with Crippen LogP contribution in [0.15, 0.2) is 30.6 Å². The van der Waals surface area contributed by atoms with Crippen molar-refractivity contribution >= 4 is 0 Å². The Morgan fingerprint density at radius 1 is 1.40 bits per heavy atom. The highest BCUT2D eigenvalue weighted by Gasteiger charge is 2.11. The molecule has 1 aromatic carbocycles. The quantitative estimate of drug-likeness (QED) is 0.882. The lowest BCUT2D eigenvalue weighted by Crippen LogP contribution is -2.24. The second kappa shape index (κ2) is 6.52. The molecule has 4 nitrogen and oxygen atoms in total. The average molecular weight is 277 g/mol. The van der Waals surface area contributed by atoms with Gasteiger partial charge in [0.1, 0.15) is 5.82 Å². The average Bonchev–Trinajstić information content (AvgIpc) is 2.86. The molecule has 1 heterocycles. The Bertz CT molecular complexity index is 566. The van der Waals surface area contributed by atoms with E-state index in [-0.39, 0.29) is 11.6 Å². The van der Waals surface area contributed by atoms with Crippen LogP contribution in [0.5, 0.6) is 5.75 Å². The third kappa shape index (κ3) is 3.36. The second-order valence-electron chi connectivity index (χ2n) is 4.94. The summed E-state index contributed by atoms with van der Waals surface area (Å²) in [4.78, 5) is 4.30. The first kappa shape index (κ1) is 14.5. The van der Waals surface area contributed by atoms with Gasteiger partial charge in [0.25, 0.3) is 0 Å². The fourth-order valence-electron chi connectivity index (χ4n) is 1.97. The molecule has 1 N–H and O–H groups in total. The topological polar surface area (TPSA) is 39.1 Å². The van der Waals surface area contributed by atoms with Crippen LogP contribution in [-0.2, 0) is 13.1 Å². The molecular weight excluding hydrogens is 257 g/mol. The second-order valence-corrected chi connectivity index (χ2v) is 4.94. The minimum atomic E-state index is -0.313. The first-order valence-corrected chi connectivity index (χ1v) is 6.66. The number of rotatable bonds is 6. The van der Waals surface area contributed by atoms with Crippen molar-refractivity contribution in [3.8, 4) is 5.75 Å². The molecule has 2 rings (SSSR count). The number of halogens is 1. The number of methoxy groups -OCH3 is 1. The molecule has 0 amide bonds. The van der Waals surface area contributed by atoms with Crippen LogP contribution < -0.4 is 10.1 Å². The van der Waals surface area contributed by atoms with Crippen LogP contribution >= 0.6 is 0 Å². The van der Waals surface area contributed by atoms with E-state index in [1.54, 1.807) is 24.4 Å². The number of aromatic nitrogens is 2. The van der Waals surface area contributed by atoms with Gasteiger partial charge < -0.3 is 14.6 Å². The molecule has 0 saturated carbocycles. The van der Waals surface area contributed by atoms with Gasteiger partial charge in [-0.25, -0.2) is 9.37 Å². The van der Waals surface area contributed by atoms with Crippen LogP contribution in [0.3, 0.4) is 0 Å². The summed E-state index contributed by atoms with van der Waals surface area (Å²) in [5.41, 5.74) is 0.591. The minimum Gasteiger partial charge on any atom is -0.494 e. The summed E-state index contributed by atoms with van der Waals surface area (Å²) in [5, 5.41) is 3.31. The fourth-order valence-corrected chi connectivity index (χ4v) is 1.97. The summed E-state index contributed by atoms with van der Waals surface area (Å²) in [6.07, 6.45) is 3.59. The molecule has 1 aromatic heterocycles. The van der Waals surface area contributed by atoms with Gasteiger partial charge in [0.05, 0.1) is 20.2 Å². The highest BCUT2D eigenvalue weighted by atomic mass is 19.1. The molecular formula is C15H20FN3O. The standard InChI is InChI=1S/C15H20FN3O/c1-11(2)18-9-14-17-7-8-19(14)10-12-5-4-6-13(20-3)15(12)16/h4-8,11,18H,9-10H2,1-3H3. The van der Waals surface area contributed by atoms with Gasteiger partial charge in [0.2, 0.25) is 0 Å². The lowest BCUT2D eigenvalue weighted by Gasteiger charge is -2.12. The van der Waals surface area contributed by atoms with E-state index in [0.717, 1.165) is 5.82 Å². The number of ether oxygens (including phenoxy) is 1. The van der Waals surface area contributed by atoms with Crippen molar-refractivity contribution in [1.29, 1.82) is 0 Å². The minimum absolute atomic E-state index is 0.268. The summed E-state index contributed by atoms with van der Waals surface area (Å²) >= 11 is 0. The maximum atomic E-state index is 14.1. The van der Waals surface area contributed by atoms with Crippen molar-refractivity contribution in [3.63, 3.8) is 0 Å². The van der Waals surface area contributed by atoms with Gasteiger partial charge in [-0.2, -0.15) is 0 Å². The molecule has 0 aliphatic rings. The molecule has 0 aliphatic heterocycles. The Morgan fingerprint density at radius 3 is 2.90 bits per heavy atom. The molecule has 0 unspecified atom stereocenters. The van der Waals surface area contributed by atoms with Gasteiger partial charge in [0, 0.05) is 24.0 Å². The Hall–Kier alpha value is -1.88. The van der Waals surface area contributed by atoms with Gasteiger partial charge in [0.15, 0.2) is 11.6 Å². The van der Waals surface area contributed by atoms with Gasteiger partial charge in [-0.3, -0.25) is 0 Å². The van der Waals surface area contributed by atoms with E-state index in [1.165, 1.54) is 7.11 Å². The van der Waals surface area contributed by atoms with Crippen LogP contribution in [0.2, 0.25) is 0 Å². The van der Waals surface area contributed by atoms with E-state index in [2.05, 4.69) is 24.1 Å². The third-order valence-corrected chi connectivity index (χ3v) is 3.07. The molecule has 0 fully saturated rings. The molecule has 0 radical (unpaired) electrons. The monoisotopic (exact) mass is 277 g/mol. The van der Waals surface area contributed by atoms with Crippen molar-refractivity contribution in [3.05, 3.63) is 47.8 Å². The summed E-state index contributed by atoms with van der Waals surface area (Å²) in [6.45, 7) is 5.26. The van der Waals surface area contributed by atoms with Gasteiger partial charge >= 0.3 is 0 Å². The Balaban J connectivity index is 2.16. The predicted molar refractivity (Wildman–Crippen MR) is 76.3 cm³/mol. The zero-order valence-corrected chi connectivity index (χ0v) is 12.1. The van der Waals surface area contributed by atoms with E-state index >= 15 is 0 Å². The van der Waals surface area contributed by atoms with Gasteiger partial charge in [-0.1, -0.05) is 26.0 Å². The summed E-state index contributed by atoms with van der Waals surface area (Å²) in [6, 6.07) is 5.56. The zero-order valence-electron chi connectivity index (χ0n) is 12.1. The molecule has 108 valence electrons. The van der Waals surface area contributed by atoms with Crippen LogP contribution in [0.4, 0.5) is 4.39 Å². The summed E-state index contributed by atoms with van der Waals surface area (Å²) < 4.78 is 21.1. The van der Waals surface area contributed by atoms with Crippen LogP contribution in [0.1, 0.15) is 25.2 Å². The summed E-state index contributed by atoms with van der Waals surface area (Å²) in [7, 11) is 1.47. The van der Waals surface area contributed by atoms with E-state index in [4.69, 9.17) is 4.74 Å². The van der Waals surface area contributed by atoms with Crippen molar-refractivity contribution < 1.29 is 9.13 Å². The Kier molecular flexibility index (Phi) is 4.74. The maximum Gasteiger partial charge on any atom is 0.170 e. The predicted octanol–water partition coefficient (Wildman–Crippen LogP) is 2.58. The molecule has 0 aliphatic carbocycles. The number of nitrogens with one attached hydrogen (secondary N) is 1. The molecule has 2 aromatic rings. The fraction of sp³-hybridized carbons (Fsp3) is 0.400. The number of hydrogen-bond donors (Lipinski definition) is 1. The molecule has 0 saturated heterocycles. The number of hydrogen-bond acceptors (Lipinski definition) is 3. The normalized spacial score (nSPS) is 11.1. The van der Waals surface area contributed by atoms with E-state index in [0.29, 0.717) is 24.7 Å². The highest BCUT2D eigenvalue weighted by molar-refractivity contribution is 5.31. The smallest absolute Gasteiger partial charge is 0.170 e. The number of nitrogens with zero attached hydrogens (tertiary/aromatic N) is 2. The lowest BCUT2D eigenvalue weighted by atomic mass is 10.2. The van der Waals surface area contributed by atoms with Crippen molar-refractivity contribution in [1.82, 2.24) is 14.9 Å². The van der Waals surface area contributed by atoms with Crippen molar-refractivity contribution in [2.75, 3.05) is 7.11 Å². The van der Waals surface area contributed by atoms with Gasteiger partial charge in [-0.15, -0.1) is 0 Å². The highest BCUT2D eigenvalue weighted by Crippen LogP contribution is 2.21.